The van der Waals surface area contributed by atoms with Gasteiger partial charge in [-0.2, -0.15) is 4.98 Å². The number of rotatable bonds is 3. The van der Waals surface area contributed by atoms with Crippen LogP contribution in [0.1, 0.15) is 18.4 Å². The van der Waals surface area contributed by atoms with Crippen molar-refractivity contribution in [1.82, 2.24) is 15.5 Å². The highest BCUT2D eigenvalue weighted by molar-refractivity contribution is 5.63. The quantitative estimate of drug-likeness (QED) is 0.872. The molecule has 1 aliphatic rings. The first-order valence-corrected chi connectivity index (χ1v) is 5.59. The van der Waals surface area contributed by atoms with Gasteiger partial charge < -0.3 is 14.6 Å². The SMILES string of the molecule is COc1ccccc1-c1noc([C@H]2CCN2)n1. The van der Waals surface area contributed by atoms with E-state index in [1.165, 1.54) is 0 Å². The van der Waals surface area contributed by atoms with Crippen LogP contribution in [0.15, 0.2) is 28.8 Å². The average Bonchev–Trinajstić information content (AvgIpc) is 2.76. The molecular formula is C12H13N3O2. The number of hydrogen-bond donors (Lipinski definition) is 1. The number of nitrogens with zero attached hydrogens (tertiary/aromatic N) is 2. The fourth-order valence-corrected chi connectivity index (χ4v) is 1.81. The van der Waals surface area contributed by atoms with Crippen molar-refractivity contribution >= 4 is 0 Å². The van der Waals surface area contributed by atoms with Crippen molar-refractivity contribution < 1.29 is 9.26 Å². The normalized spacial score (nSPS) is 18.8. The van der Waals surface area contributed by atoms with Crippen LogP contribution in [0.25, 0.3) is 11.4 Å². The predicted molar refractivity (Wildman–Crippen MR) is 61.6 cm³/mol. The molecule has 17 heavy (non-hydrogen) atoms. The van der Waals surface area contributed by atoms with Gasteiger partial charge in [0.25, 0.3) is 0 Å². The Kier molecular flexibility index (Phi) is 2.53. The number of nitrogens with one attached hydrogen (secondary N) is 1. The Morgan fingerprint density at radius 2 is 2.24 bits per heavy atom. The van der Waals surface area contributed by atoms with Crippen LogP contribution in [0.5, 0.6) is 5.75 Å². The summed E-state index contributed by atoms with van der Waals surface area (Å²) in [6, 6.07) is 7.85. The highest BCUT2D eigenvalue weighted by Gasteiger charge is 2.25. The molecule has 1 N–H and O–H groups in total. The maximum atomic E-state index is 5.27. The largest absolute Gasteiger partial charge is 0.496 e. The van der Waals surface area contributed by atoms with E-state index in [0.717, 1.165) is 24.3 Å². The number of para-hydroxylation sites is 1. The van der Waals surface area contributed by atoms with Crippen molar-refractivity contribution in [2.24, 2.45) is 0 Å². The Balaban J connectivity index is 1.94. The molecule has 0 amide bonds. The molecule has 0 unspecified atom stereocenters. The summed E-state index contributed by atoms with van der Waals surface area (Å²) in [6.07, 6.45) is 1.05. The van der Waals surface area contributed by atoms with E-state index < -0.39 is 0 Å². The molecule has 2 aromatic rings. The molecule has 0 spiro atoms. The van der Waals surface area contributed by atoms with Gasteiger partial charge in [-0.1, -0.05) is 17.3 Å². The molecule has 0 radical (unpaired) electrons. The summed E-state index contributed by atoms with van der Waals surface area (Å²) in [6.45, 7) is 1.01. The van der Waals surface area contributed by atoms with Crippen LogP contribution in [-0.4, -0.2) is 23.8 Å². The van der Waals surface area contributed by atoms with Crippen LogP contribution in [0.2, 0.25) is 0 Å². The summed E-state index contributed by atoms with van der Waals surface area (Å²) >= 11 is 0. The minimum atomic E-state index is 0.214. The first kappa shape index (κ1) is 10.3. The van der Waals surface area contributed by atoms with Crippen molar-refractivity contribution in [3.63, 3.8) is 0 Å². The Labute approximate surface area is 98.8 Å². The molecule has 1 aromatic heterocycles. The number of benzene rings is 1. The van der Waals surface area contributed by atoms with Gasteiger partial charge in [0, 0.05) is 0 Å². The zero-order chi connectivity index (χ0) is 11.7. The topological polar surface area (TPSA) is 60.2 Å². The van der Waals surface area contributed by atoms with Crippen LogP contribution in [0, 0.1) is 0 Å². The van der Waals surface area contributed by atoms with E-state index in [0.29, 0.717) is 11.7 Å². The standard InChI is InChI=1S/C12H13N3O2/c1-16-10-5-3-2-4-8(10)11-14-12(17-15-11)9-6-7-13-9/h2-5,9,13H,6-7H2,1H3/t9-/m1/s1. The fraction of sp³-hybridized carbons (Fsp3) is 0.333. The van der Waals surface area contributed by atoms with E-state index in [1.807, 2.05) is 24.3 Å². The highest BCUT2D eigenvalue weighted by Crippen LogP contribution is 2.29. The van der Waals surface area contributed by atoms with Gasteiger partial charge in [0.15, 0.2) is 0 Å². The van der Waals surface area contributed by atoms with Gasteiger partial charge >= 0.3 is 0 Å². The van der Waals surface area contributed by atoms with Crippen LogP contribution < -0.4 is 10.1 Å². The minimum Gasteiger partial charge on any atom is -0.496 e. The van der Waals surface area contributed by atoms with E-state index in [9.17, 15) is 0 Å². The Morgan fingerprint density at radius 3 is 2.94 bits per heavy atom. The molecule has 1 aromatic carbocycles. The van der Waals surface area contributed by atoms with E-state index in [2.05, 4.69) is 15.5 Å². The smallest absolute Gasteiger partial charge is 0.244 e. The molecule has 1 atom stereocenters. The maximum absolute atomic E-state index is 5.27. The lowest BCUT2D eigenvalue weighted by molar-refractivity contribution is 0.273. The summed E-state index contributed by atoms with van der Waals surface area (Å²) in [5, 5.41) is 7.22. The first-order chi connectivity index (χ1) is 8.38. The second-order valence-corrected chi connectivity index (χ2v) is 3.95. The maximum Gasteiger partial charge on any atom is 0.244 e. The van der Waals surface area contributed by atoms with E-state index in [4.69, 9.17) is 9.26 Å². The predicted octanol–water partition coefficient (Wildman–Crippen LogP) is 1.78. The summed E-state index contributed by atoms with van der Waals surface area (Å²) < 4.78 is 10.5. The number of hydrogen-bond acceptors (Lipinski definition) is 5. The molecule has 2 heterocycles. The van der Waals surface area contributed by atoms with Crippen molar-refractivity contribution in [3.05, 3.63) is 30.2 Å². The second kappa shape index (κ2) is 4.18. The van der Waals surface area contributed by atoms with E-state index >= 15 is 0 Å². The Bertz CT molecular complexity index is 520. The average molecular weight is 231 g/mol. The molecule has 1 aliphatic heterocycles. The molecule has 0 aliphatic carbocycles. The molecule has 0 saturated carbocycles. The van der Waals surface area contributed by atoms with Crippen LogP contribution in [0.3, 0.4) is 0 Å². The van der Waals surface area contributed by atoms with Gasteiger partial charge in [0.1, 0.15) is 5.75 Å². The first-order valence-electron chi connectivity index (χ1n) is 5.59. The fourth-order valence-electron chi connectivity index (χ4n) is 1.81. The minimum absolute atomic E-state index is 0.214. The summed E-state index contributed by atoms with van der Waals surface area (Å²) in [5.41, 5.74) is 0.851. The third-order valence-corrected chi connectivity index (χ3v) is 2.91. The van der Waals surface area contributed by atoms with E-state index in [-0.39, 0.29) is 6.04 Å². The Hall–Kier alpha value is -1.88. The van der Waals surface area contributed by atoms with Gasteiger partial charge in [0.05, 0.1) is 18.7 Å². The molecule has 5 heteroatoms. The van der Waals surface area contributed by atoms with Crippen molar-refractivity contribution in [3.8, 4) is 17.1 Å². The van der Waals surface area contributed by atoms with Crippen molar-refractivity contribution in [1.29, 1.82) is 0 Å². The molecule has 88 valence electrons. The molecule has 1 saturated heterocycles. The second-order valence-electron chi connectivity index (χ2n) is 3.95. The third kappa shape index (κ3) is 1.78. The Morgan fingerprint density at radius 1 is 1.41 bits per heavy atom. The lowest BCUT2D eigenvalue weighted by Crippen LogP contribution is -2.35. The zero-order valence-corrected chi connectivity index (χ0v) is 9.51. The molecular weight excluding hydrogens is 218 g/mol. The van der Waals surface area contributed by atoms with Crippen LogP contribution in [-0.2, 0) is 0 Å². The molecule has 3 rings (SSSR count). The molecule has 0 bridgehead atoms. The molecule has 1 fully saturated rings. The highest BCUT2D eigenvalue weighted by atomic mass is 16.5. The monoisotopic (exact) mass is 231 g/mol. The van der Waals surface area contributed by atoms with Crippen molar-refractivity contribution in [2.75, 3.05) is 13.7 Å². The van der Waals surface area contributed by atoms with Gasteiger partial charge in [-0.05, 0) is 25.1 Å². The number of aromatic nitrogens is 2. The summed E-state index contributed by atoms with van der Waals surface area (Å²) in [7, 11) is 1.63. The summed E-state index contributed by atoms with van der Waals surface area (Å²) in [4.78, 5) is 4.39. The zero-order valence-electron chi connectivity index (χ0n) is 9.51. The van der Waals surface area contributed by atoms with E-state index in [1.54, 1.807) is 7.11 Å². The lowest BCUT2D eigenvalue weighted by Gasteiger charge is -2.23. The lowest BCUT2D eigenvalue weighted by atomic mass is 10.1. The van der Waals surface area contributed by atoms with Crippen molar-refractivity contribution in [2.45, 2.75) is 12.5 Å². The van der Waals surface area contributed by atoms with Crippen LogP contribution >= 0.6 is 0 Å². The number of ether oxygens (including phenoxy) is 1. The van der Waals surface area contributed by atoms with Gasteiger partial charge in [0.2, 0.25) is 11.7 Å². The van der Waals surface area contributed by atoms with Crippen LogP contribution in [0.4, 0.5) is 0 Å². The number of methoxy groups -OCH3 is 1. The van der Waals surface area contributed by atoms with Gasteiger partial charge in [-0.25, -0.2) is 0 Å². The summed E-state index contributed by atoms with van der Waals surface area (Å²) in [5.74, 6) is 1.98. The van der Waals surface area contributed by atoms with Gasteiger partial charge in [-0.15, -0.1) is 0 Å². The molecule has 5 nitrogen and oxygen atoms in total. The van der Waals surface area contributed by atoms with Gasteiger partial charge in [-0.3, -0.25) is 0 Å². The third-order valence-electron chi connectivity index (χ3n) is 2.91.